The van der Waals surface area contributed by atoms with E-state index in [1.807, 2.05) is 13.0 Å². The lowest BCUT2D eigenvalue weighted by Crippen LogP contribution is -2.16. The molecule has 25 heavy (non-hydrogen) atoms. The zero-order valence-electron chi connectivity index (χ0n) is 13.0. The number of aromatic carboxylic acids is 1. The van der Waals surface area contributed by atoms with E-state index in [4.69, 9.17) is 5.11 Å². The first kappa shape index (κ1) is 16.0. The molecular formula is C14H13N5O4S2. The summed E-state index contributed by atoms with van der Waals surface area (Å²) in [5, 5.41) is 14.3. The second-order valence-corrected chi connectivity index (χ2v) is 8.27. The molecule has 9 nitrogen and oxygen atoms in total. The van der Waals surface area contributed by atoms with Gasteiger partial charge in [0.15, 0.2) is 0 Å². The predicted molar refractivity (Wildman–Crippen MR) is 89.6 cm³/mol. The van der Waals surface area contributed by atoms with Crippen LogP contribution < -0.4 is 4.72 Å². The molecule has 0 spiro atoms. The number of fused-ring (bicyclic) bond motifs is 1. The number of carboxylic acid groups (broad SMARTS) is 1. The molecule has 3 heterocycles. The first-order valence-corrected chi connectivity index (χ1v) is 9.79. The molecule has 1 aliphatic rings. The highest BCUT2D eigenvalue weighted by Gasteiger charge is 2.30. The zero-order valence-corrected chi connectivity index (χ0v) is 14.6. The van der Waals surface area contributed by atoms with Crippen LogP contribution in [0.1, 0.15) is 39.8 Å². The van der Waals surface area contributed by atoms with Crippen LogP contribution in [0.3, 0.4) is 0 Å². The van der Waals surface area contributed by atoms with Gasteiger partial charge < -0.3 is 5.11 Å². The molecule has 0 saturated heterocycles. The molecule has 3 aromatic heterocycles. The standard InChI is InChI=1S/C14H13N5O4S2/c1-7-6-10(8-2-3-8)19-13(15-7)16-14(17-19)25(22,23)18-9-4-5-24-11(9)12(20)21/h4-6,8,18H,2-3H2,1H3,(H,20,21). The fraction of sp³-hybridized carbons (Fsp3) is 0.286. The number of carbonyl (C=O) groups is 1. The Balaban J connectivity index is 1.76. The Bertz CT molecular complexity index is 1100. The Kier molecular flexibility index (Phi) is 3.51. The monoisotopic (exact) mass is 379 g/mol. The Hall–Kier alpha value is -2.53. The first-order chi connectivity index (χ1) is 11.8. The molecule has 0 radical (unpaired) electrons. The van der Waals surface area contributed by atoms with Crippen LogP contribution in [0, 0.1) is 6.92 Å². The van der Waals surface area contributed by atoms with Gasteiger partial charge in [0, 0.05) is 11.6 Å². The molecule has 2 N–H and O–H groups in total. The molecule has 1 aliphatic carbocycles. The van der Waals surface area contributed by atoms with Crippen LogP contribution in [0.4, 0.5) is 5.69 Å². The van der Waals surface area contributed by atoms with Crippen molar-refractivity contribution in [2.75, 3.05) is 4.72 Å². The molecule has 11 heteroatoms. The minimum absolute atomic E-state index is 0.0112. The van der Waals surface area contributed by atoms with E-state index in [-0.39, 0.29) is 16.3 Å². The molecular weight excluding hydrogens is 366 g/mol. The minimum atomic E-state index is -4.13. The lowest BCUT2D eigenvalue weighted by molar-refractivity contribution is 0.0703. The smallest absolute Gasteiger partial charge is 0.348 e. The average molecular weight is 379 g/mol. The lowest BCUT2D eigenvalue weighted by Gasteiger charge is -2.03. The number of thiophene rings is 1. The van der Waals surface area contributed by atoms with Gasteiger partial charge in [0.25, 0.3) is 21.0 Å². The van der Waals surface area contributed by atoms with Gasteiger partial charge in [-0.15, -0.1) is 16.4 Å². The highest BCUT2D eigenvalue weighted by atomic mass is 32.2. The molecule has 0 aliphatic heterocycles. The Morgan fingerprint density at radius 1 is 1.40 bits per heavy atom. The van der Waals surface area contributed by atoms with Crippen molar-refractivity contribution in [3.63, 3.8) is 0 Å². The van der Waals surface area contributed by atoms with Gasteiger partial charge in [-0.25, -0.2) is 9.78 Å². The summed E-state index contributed by atoms with van der Waals surface area (Å²) in [7, 11) is -4.13. The van der Waals surface area contributed by atoms with Crippen molar-refractivity contribution in [1.29, 1.82) is 0 Å². The van der Waals surface area contributed by atoms with Gasteiger partial charge >= 0.3 is 5.97 Å². The van der Waals surface area contributed by atoms with Gasteiger partial charge in [-0.05, 0) is 37.3 Å². The largest absolute Gasteiger partial charge is 0.477 e. The fourth-order valence-corrected chi connectivity index (χ4v) is 4.22. The zero-order chi connectivity index (χ0) is 17.8. The van der Waals surface area contributed by atoms with Crippen molar-refractivity contribution in [3.05, 3.63) is 33.8 Å². The molecule has 0 amide bonds. The summed E-state index contributed by atoms with van der Waals surface area (Å²) in [5.74, 6) is -0.653. The molecule has 1 saturated carbocycles. The number of sulfonamides is 1. The van der Waals surface area contributed by atoms with Crippen molar-refractivity contribution in [2.24, 2.45) is 0 Å². The van der Waals surface area contributed by atoms with Crippen LogP contribution in [-0.4, -0.2) is 39.1 Å². The number of nitrogens with one attached hydrogen (secondary N) is 1. The van der Waals surface area contributed by atoms with Crippen LogP contribution in [0.15, 0.2) is 22.7 Å². The van der Waals surface area contributed by atoms with Crippen LogP contribution in [0.5, 0.6) is 0 Å². The van der Waals surface area contributed by atoms with Gasteiger partial charge in [-0.1, -0.05) is 0 Å². The highest BCUT2D eigenvalue weighted by Crippen LogP contribution is 2.40. The fourth-order valence-electron chi connectivity index (χ4n) is 2.53. The van der Waals surface area contributed by atoms with Gasteiger partial charge in [0.2, 0.25) is 0 Å². The summed E-state index contributed by atoms with van der Waals surface area (Å²) in [6.07, 6.45) is 2.05. The van der Waals surface area contributed by atoms with Crippen LogP contribution in [-0.2, 0) is 10.0 Å². The summed E-state index contributed by atoms with van der Waals surface area (Å²) in [4.78, 5) is 19.3. The van der Waals surface area contributed by atoms with E-state index in [1.165, 1.54) is 16.0 Å². The summed E-state index contributed by atoms with van der Waals surface area (Å²) < 4.78 is 28.8. The van der Waals surface area contributed by atoms with Crippen LogP contribution in [0.25, 0.3) is 5.78 Å². The van der Waals surface area contributed by atoms with E-state index in [0.717, 1.165) is 35.6 Å². The van der Waals surface area contributed by atoms with Crippen molar-refractivity contribution in [2.45, 2.75) is 30.8 Å². The summed E-state index contributed by atoms with van der Waals surface area (Å²) >= 11 is 0.930. The summed E-state index contributed by atoms with van der Waals surface area (Å²) in [5.41, 5.74) is 1.62. The number of carboxylic acids is 1. The number of nitrogens with zero attached hydrogens (tertiary/aromatic N) is 4. The van der Waals surface area contributed by atoms with Crippen LogP contribution >= 0.6 is 11.3 Å². The topological polar surface area (TPSA) is 127 Å². The molecule has 0 bridgehead atoms. The average Bonchev–Trinajstić information content (AvgIpc) is 3.11. The number of hydrogen-bond acceptors (Lipinski definition) is 7. The SMILES string of the molecule is Cc1cc(C2CC2)n2nc(S(=O)(=O)Nc3ccsc3C(=O)O)nc2n1. The van der Waals surface area contributed by atoms with E-state index in [2.05, 4.69) is 19.8 Å². The van der Waals surface area contributed by atoms with Crippen molar-refractivity contribution >= 4 is 38.8 Å². The third-order valence-electron chi connectivity index (χ3n) is 3.79. The third kappa shape index (κ3) is 2.85. The van der Waals surface area contributed by atoms with E-state index in [0.29, 0.717) is 5.92 Å². The molecule has 0 unspecified atom stereocenters. The van der Waals surface area contributed by atoms with Gasteiger partial charge in [-0.2, -0.15) is 17.9 Å². The number of anilines is 1. The second-order valence-electron chi connectivity index (χ2n) is 5.78. The van der Waals surface area contributed by atoms with E-state index < -0.39 is 21.1 Å². The summed E-state index contributed by atoms with van der Waals surface area (Å²) in [6.45, 7) is 1.82. The second kappa shape index (κ2) is 5.49. The Morgan fingerprint density at radius 2 is 2.16 bits per heavy atom. The maximum Gasteiger partial charge on any atom is 0.348 e. The normalized spacial score (nSPS) is 14.8. The number of rotatable bonds is 5. The van der Waals surface area contributed by atoms with Gasteiger partial charge in [0.1, 0.15) is 4.88 Å². The molecule has 1 fully saturated rings. The number of hydrogen-bond donors (Lipinski definition) is 2. The maximum atomic E-state index is 12.6. The van der Waals surface area contributed by atoms with Crippen molar-refractivity contribution in [1.82, 2.24) is 19.6 Å². The quantitative estimate of drug-likeness (QED) is 0.693. The van der Waals surface area contributed by atoms with E-state index >= 15 is 0 Å². The molecule has 4 rings (SSSR count). The maximum absolute atomic E-state index is 12.6. The first-order valence-electron chi connectivity index (χ1n) is 7.43. The molecule has 3 aromatic rings. The summed E-state index contributed by atoms with van der Waals surface area (Å²) in [6, 6.07) is 3.27. The van der Waals surface area contributed by atoms with Crippen molar-refractivity contribution in [3.8, 4) is 0 Å². The number of aryl methyl sites for hydroxylation is 1. The predicted octanol–water partition coefficient (Wildman–Crippen LogP) is 1.87. The van der Waals surface area contributed by atoms with E-state index in [1.54, 1.807) is 0 Å². The Labute approximate surface area is 146 Å². The number of aromatic nitrogens is 4. The Morgan fingerprint density at radius 3 is 2.84 bits per heavy atom. The van der Waals surface area contributed by atoms with Gasteiger partial charge in [0.05, 0.1) is 11.4 Å². The van der Waals surface area contributed by atoms with E-state index in [9.17, 15) is 13.2 Å². The molecule has 0 aromatic carbocycles. The van der Waals surface area contributed by atoms with Crippen molar-refractivity contribution < 1.29 is 18.3 Å². The minimum Gasteiger partial charge on any atom is -0.477 e. The molecule has 130 valence electrons. The third-order valence-corrected chi connectivity index (χ3v) is 5.83. The lowest BCUT2D eigenvalue weighted by atomic mass is 10.2. The molecule has 0 atom stereocenters. The highest BCUT2D eigenvalue weighted by molar-refractivity contribution is 7.92. The van der Waals surface area contributed by atoms with Crippen LogP contribution in [0.2, 0.25) is 0 Å². The van der Waals surface area contributed by atoms with Gasteiger partial charge in [-0.3, -0.25) is 4.72 Å².